The second kappa shape index (κ2) is 9.10. The number of fused-ring (bicyclic) bond motifs is 2. The molecule has 3 aromatic carbocycles. The van der Waals surface area contributed by atoms with Crippen LogP contribution in [0.2, 0.25) is 0 Å². The number of rotatable bonds is 8. The summed E-state index contributed by atoms with van der Waals surface area (Å²) in [6.07, 6.45) is 2.93. The Hall–Kier alpha value is -2.22. The maximum atomic E-state index is 15.6. The van der Waals surface area contributed by atoms with E-state index in [1.165, 1.54) is 0 Å². The predicted molar refractivity (Wildman–Crippen MR) is 130 cm³/mol. The lowest BCUT2D eigenvalue weighted by Gasteiger charge is -2.40. The number of halogens is 2. The van der Waals surface area contributed by atoms with E-state index >= 15 is 8.78 Å². The highest BCUT2D eigenvalue weighted by molar-refractivity contribution is 8.33. The minimum absolute atomic E-state index is 0.195. The van der Waals surface area contributed by atoms with E-state index in [1.807, 2.05) is 18.2 Å². The van der Waals surface area contributed by atoms with Gasteiger partial charge >= 0.3 is 15.4 Å². The molecule has 2 saturated carbocycles. The Bertz CT molecular complexity index is 1120. The Kier molecular flexibility index (Phi) is 6.29. The fraction of sp³-hybridized carbons (Fsp3) is 0.333. The average molecular weight is 503 g/mol. The third kappa shape index (κ3) is 4.18. The molecule has 2 bridgehead atoms. The van der Waals surface area contributed by atoms with Gasteiger partial charge in [-0.15, -0.1) is 0 Å². The van der Waals surface area contributed by atoms with Crippen molar-refractivity contribution in [1.82, 2.24) is 0 Å². The molecule has 34 heavy (non-hydrogen) atoms. The topological polar surface area (TPSA) is 43.4 Å². The lowest BCUT2D eigenvalue weighted by molar-refractivity contribution is 0.0441. The van der Waals surface area contributed by atoms with Crippen molar-refractivity contribution in [3.05, 3.63) is 91.0 Å². The van der Waals surface area contributed by atoms with Crippen molar-refractivity contribution in [2.75, 3.05) is 0 Å². The summed E-state index contributed by atoms with van der Waals surface area (Å²) in [7, 11) is -8.25. The number of alkyl halides is 2. The molecule has 7 heteroatoms. The molecule has 3 atom stereocenters. The maximum Gasteiger partial charge on any atom is 0.371 e. The Morgan fingerprint density at radius 1 is 0.735 bits per heavy atom. The first-order valence-corrected chi connectivity index (χ1v) is 14.6. The summed E-state index contributed by atoms with van der Waals surface area (Å²) in [5.74, 6) is 0.374. The molecule has 0 spiro atoms. The van der Waals surface area contributed by atoms with Gasteiger partial charge in [0.15, 0.2) is 0 Å². The SMILES string of the molecule is O=S(=O)(OS(c1ccccc1)(c1ccccc1)c1ccccc1)C(F)(F)CC1CC2CCC1C2. The van der Waals surface area contributed by atoms with Crippen molar-refractivity contribution in [3.8, 4) is 0 Å². The molecule has 3 unspecified atom stereocenters. The van der Waals surface area contributed by atoms with Gasteiger partial charge in [-0.25, -0.2) is 3.63 Å². The monoisotopic (exact) mass is 502 g/mol. The molecular weight excluding hydrogens is 474 g/mol. The zero-order valence-electron chi connectivity index (χ0n) is 18.7. The molecule has 2 aliphatic carbocycles. The number of hydrogen-bond acceptors (Lipinski definition) is 3. The van der Waals surface area contributed by atoms with Gasteiger partial charge in [0.25, 0.3) is 0 Å². The van der Waals surface area contributed by atoms with E-state index in [1.54, 1.807) is 72.8 Å². The number of benzene rings is 3. The van der Waals surface area contributed by atoms with Crippen LogP contribution in [-0.2, 0) is 13.7 Å². The molecule has 0 N–H and O–H groups in total. The van der Waals surface area contributed by atoms with Crippen molar-refractivity contribution in [3.63, 3.8) is 0 Å². The van der Waals surface area contributed by atoms with Crippen molar-refractivity contribution < 1.29 is 20.8 Å². The van der Waals surface area contributed by atoms with E-state index < -0.39 is 32.1 Å². The van der Waals surface area contributed by atoms with E-state index in [0.29, 0.717) is 27.0 Å². The van der Waals surface area contributed by atoms with Crippen molar-refractivity contribution in [1.29, 1.82) is 0 Å². The fourth-order valence-corrected chi connectivity index (χ4v) is 10.9. The van der Waals surface area contributed by atoms with E-state index in [4.69, 9.17) is 3.63 Å². The first-order chi connectivity index (χ1) is 16.3. The van der Waals surface area contributed by atoms with Gasteiger partial charge in [-0.1, -0.05) is 61.0 Å². The highest BCUT2D eigenvalue weighted by Crippen LogP contribution is 2.70. The Morgan fingerprint density at radius 3 is 1.59 bits per heavy atom. The van der Waals surface area contributed by atoms with Gasteiger partial charge < -0.3 is 0 Å². The Balaban J connectivity index is 1.61. The third-order valence-corrected chi connectivity index (χ3v) is 12.4. The van der Waals surface area contributed by atoms with Crippen molar-refractivity contribution >= 4 is 20.4 Å². The second-order valence-electron chi connectivity index (χ2n) is 9.29. The largest absolute Gasteiger partial charge is 0.371 e. The van der Waals surface area contributed by atoms with Gasteiger partial charge in [-0.3, -0.25) is 0 Å². The van der Waals surface area contributed by atoms with E-state index in [9.17, 15) is 8.42 Å². The van der Waals surface area contributed by atoms with E-state index in [2.05, 4.69) is 0 Å². The first kappa shape index (κ1) is 23.5. The van der Waals surface area contributed by atoms with Gasteiger partial charge in [0.1, 0.15) is 0 Å². The lowest BCUT2D eigenvalue weighted by atomic mass is 9.86. The molecule has 5 rings (SSSR count). The standard InChI is InChI=1S/C27H28F2O3S2/c28-27(29,20-23-19-21-16-17-22(23)18-21)34(30,31)32-33(24-10-4-1-5-11-24,25-12-6-2-7-13-25)26-14-8-3-9-15-26/h1-15,21-23H,16-20H2. The highest BCUT2D eigenvalue weighted by atomic mass is 32.3. The summed E-state index contributed by atoms with van der Waals surface area (Å²) >= 11 is 0. The molecule has 0 aromatic heterocycles. The summed E-state index contributed by atoms with van der Waals surface area (Å²) in [6, 6.07) is 26.5. The molecule has 0 saturated heterocycles. The summed E-state index contributed by atoms with van der Waals surface area (Å²) in [5.41, 5.74) is 0. The van der Waals surface area contributed by atoms with E-state index in [-0.39, 0.29) is 11.8 Å². The zero-order valence-corrected chi connectivity index (χ0v) is 20.4. The minimum atomic E-state index is -5.26. The summed E-state index contributed by atoms with van der Waals surface area (Å²) < 4.78 is 63.8. The molecule has 180 valence electrons. The van der Waals surface area contributed by atoms with Crippen LogP contribution in [-0.4, -0.2) is 13.7 Å². The molecule has 0 aliphatic heterocycles. The predicted octanol–water partition coefficient (Wildman–Crippen LogP) is 7.65. The molecule has 3 nitrogen and oxygen atoms in total. The van der Waals surface area contributed by atoms with Crippen LogP contribution in [0.4, 0.5) is 8.78 Å². The summed E-state index contributed by atoms with van der Waals surface area (Å²) in [6.45, 7) is 0. The van der Waals surface area contributed by atoms with Gasteiger partial charge in [-0.05, 0) is 83.7 Å². The maximum absolute atomic E-state index is 15.6. The van der Waals surface area contributed by atoms with Crippen LogP contribution in [0.25, 0.3) is 0 Å². The average Bonchev–Trinajstić information content (AvgIpc) is 3.47. The quantitative estimate of drug-likeness (QED) is 0.318. The Morgan fingerprint density at radius 2 is 1.21 bits per heavy atom. The molecule has 0 heterocycles. The van der Waals surface area contributed by atoms with Gasteiger partial charge in [-0.2, -0.15) is 17.2 Å². The third-order valence-electron chi connectivity index (χ3n) is 7.17. The smallest absolute Gasteiger partial charge is 0.202 e. The van der Waals surface area contributed by atoms with Crippen LogP contribution in [0.1, 0.15) is 32.1 Å². The lowest BCUT2D eigenvalue weighted by Crippen LogP contribution is -2.35. The normalized spacial score (nSPS) is 23.2. The zero-order chi connectivity index (χ0) is 23.8. The molecule has 0 radical (unpaired) electrons. The molecular formula is C27H28F2O3S2. The molecule has 3 aromatic rings. The van der Waals surface area contributed by atoms with Crippen LogP contribution in [0.15, 0.2) is 106 Å². The number of hydrogen-bond donors (Lipinski definition) is 0. The van der Waals surface area contributed by atoms with Crippen LogP contribution < -0.4 is 0 Å². The molecule has 0 amide bonds. The van der Waals surface area contributed by atoms with Gasteiger partial charge in [0.05, 0.1) is 0 Å². The minimum Gasteiger partial charge on any atom is -0.202 e. The van der Waals surface area contributed by atoms with Gasteiger partial charge in [0.2, 0.25) is 0 Å². The first-order valence-electron chi connectivity index (χ1n) is 11.6. The summed E-state index contributed by atoms with van der Waals surface area (Å²) in [4.78, 5) is 1.64. The second-order valence-corrected chi connectivity index (χ2v) is 13.9. The van der Waals surface area contributed by atoms with Crippen LogP contribution >= 0.6 is 10.3 Å². The van der Waals surface area contributed by atoms with Gasteiger partial charge in [0, 0.05) is 21.1 Å². The summed E-state index contributed by atoms with van der Waals surface area (Å²) in [5, 5.41) is -3.97. The van der Waals surface area contributed by atoms with Crippen LogP contribution in [0, 0.1) is 17.8 Å². The molecule has 2 fully saturated rings. The van der Waals surface area contributed by atoms with Crippen LogP contribution in [0.5, 0.6) is 0 Å². The highest BCUT2D eigenvalue weighted by Gasteiger charge is 2.54. The fourth-order valence-electron chi connectivity index (χ4n) is 5.58. The van der Waals surface area contributed by atoms with Crippen LogP contribution in [0.3, 0.4) is 0 Å². The van der Waals surface area contributed by atoms with Crippen molar-refractivity contribution in [2.24, 2.45) is 17.8 Å². The van der Waals surface area contributed by atoms with E-state index in [0.717, 1.165) is 19.3 Å². The molecule has 2 aliphatic rings. The van der Waals surface area contributed by atoms with Crippen molar-refractivity contribution in [2.45, 2.75) is 52.0 Å². The Labute approximate surface area is 201 Å².